The lowest BCUT2D eigenvalue weighted by atomic mass is 9.83. The Kier molecular flexibility index (Phi) is 6.95. The predicted molar refractivity (Wildman–Crippen MR) is 170 cm³/mol. The molecular formula is C38H31N2O2+. The summed E-state index contributed by atoms with van der Waals surface area (Å²) in [6.07, 6.45) is 3.15. The fourth-order valence-corrected chi connectivity index (χ4v) is 5.97. The monoisotopic (exact) mass is 547 g/mol. The van der Waals surface area contributed by atoms with Crippen molar-refractivity contribution in [2.75, 3.05) is 7.11 Å². The number of pyridine rings is 1. The van der Waals surface area contributed by atoms with Crippen molar-refractivity contribution in [3.05, 3.63) is 156 Å². The van der Waals surface area contributed by atoms with Gasteiger partial charge >= 0.3 is 0 Å². The number of benzene rings is 5. The molecule has 4 nitrogen and oxygen atoms in total. The molecule has 1 atom stereocenters. The van der Waals surface area contributed by atoms with E-state index in [0.717, 1.165) is 57.1 Å². The molecular weight excluding hydrogens is 516 g/mol. The van der Waals surface area contributed by atoms with Crippen molar-refractivity contribution in [1.29, 1.82) is 0 Å². The summed E-state index contributed by atoms with van der Waals surface area (Å²) in [6, 6.07) is 43.7. The normalized spacial score (nSPS) is 14.8. The van der Waals surface area contributed by atoms with Gasteiger partial charge in [-0.2, -0.15) is 0 Å². The number of hydrogen-bond donors (Lipinski definition) is 1. The van der Waals surface area contributed by atoms with E-state index in [1.807, 2.05) is 42.5 Å². The average Bonchev–Trinajstić information content (AvgIpc) is 3.06. The molecule has 4 heteroatoms. The van der Waals surface area contributed by atoms with Gasteiger partial charge in [-0.1, -0.05) is 91.0 Å². The molecule has 1 aliphatic heterocycles. The second-order valence-corrected chi connectivity index (χ2v) is 10.5. The van der Waals surface area contributed by atoms with Gasteiger partial charge in [0.25, 0.3) is 0 Å². The standard InChI is InChI=1S/C38H30N2O2/c1-41-36-21-11-7-15-28(36)34-23-27(38-30-17-5-9-19-32(30)39-33-20-10-6-18-31(33)38)24-35(40-34)29-16-8-12-22-37(29)42-25-26-13-3-2-4-14-26/h2-22,24,27H,23,25H2,1H3/p+1. The number of fused-ring (bicyclic) bond motifs is 2. The molecule has 1 aromatic heterocycles. The maximum atomic E-state index is 6.42. The quantitative estimate of drug-likeness (QED) is 0.217. The number of hydrogen-bond acceptors (Lipinski definition) is 3. The van der Waals surface area contributed by atoms with Crippen LogP contribution in [0.25, 0.3) is 27.5 Å². The van der Waals surface area contributed by atoms with Crippen molar-refractivity contribution in [2.45, 2.75) is 18.9 Å². The van der Waals surface area contributed by atoms with Crippen molar-refractivity contribution in [3.8, 4) is 11.5 Å². The first-order chi connectivity index (χ1) is 20.8. The molecule has 0 radical (unpaired) electrons. The molecule has 0 saturated heterocycles. The van der Waals surface area contributed by atoms with Crippen LogP contribution < -0.4 is 14.5 Å². The summed E-state index contributed by atoms with van der Waals surface area (Å²) in [7, 11) is 1.73. The fourth-order valence-electron chi connectivity index (χ4n) is 5.97. The van der Waals surface area contributed by atoms with Crippen LogP contribution in [0.3, 0.4) is 0 Å². The van der Waals surface area contributed by atoms with Gasteiger partial charge in [-0.15, -0.1) is 0 Å². The first kappa shape index (κ1) is 25.7. The maximum absolute atomic E-state index is 6.42. The van der Waals surface area contributed by atoms with Gasteiger partial charge in [0, 0.05) is 23.1 Å². The van der Waals surface area contributed by atoms with Crippen LogP contribution in [0.4, 0.5) is 0 Å². The molecule has 1 unspecified atom stereocenters. The second-order valence-electron chi connectivity index (χ2n) is 10.5. The highest BCUT2D eigenvalue weighted by Crippen LogP contribution is 2.38. The van der Waals surface area contributed by atoms with Crippen LogP contribution in [0.5, 0.6) is 11.5 Å². The van der Waals surface area contributed by atoms with Crippen LogP contribution in [0.2, 0.25) is 0 Å². The van der Waals surface area contributed by atoms with E-state index in [-0.39, 0.29) is 5.92 Å². The summed E-state index contributed by atoms with van der Waals surface area (Å²) in [4.78, 5) is 8.80. The Morgan fingerprint density at radius 3 is 1.98 bits per heavy atom. The van der Waals surface area contributed by atoms with Crippen molar-refractivity contribution in [1.82, 2.24) is 4.98 Å². The minimum atomic E-state index is 0.0844. The highest BCUT2D eigenvalue weighted by Gasteiger charge is 2.31. The van der Waals surface area contributed by atoms with Gasteiger partial charge in [-0.05, 0) is 53.6 Å². The van der Waals surface area contributed by atoms with E-state index in [1.54, 1.807) is 7.11 Å². The zero-order valence-corrected chi connectivity index (χ0v) is 23.5. The van der Waals surface area contributed by atoms with Gasteiger partial charge in [0.05, 0.1) is 29.3 Å². The highest BCUT2D eigenvalue weighted by atomic mass is 16.5. The summed E-state index contributed by atoms with van der Waals surface area (Å²) in [5, 5.41) is 2.35. The van der Waals surface area contributed by atoms with Gasteiger partial charge in [0.2, 0.25) is 5.70 Å². The Balaban J connectivity index is 1.41. The van der Waals surface area contributed by atoms with E-state index in [0.29, 0.717) is 6.61 Å². The van der Waals surface area contributed by atoms with Gasteiger partial charge in [-0.25, -0.2) is 9.98 Å². The first-order valence-corrected chi connectivity index (χ1v) is 14.3. The highest BCUT2D eigenvalue weighted by molar-refractivity contribution is 6.04. The van der Waals surface area contributed by atoms with E-state index in [2.05, 4.69) is 96.0 Å². The molecule has 1 aliphatic rings. The van der Waals surface area contributed by atoms with E-state index >= 15 is 0 Å². The molecule has 7 rings (SSSR count). The van der Waals surface area contributed by atoms with Crippen LogP contribution in [0, 0.1) is 0 Å². The molecule has 1 N–H and O–H groups in total. The number of para-hydroxylation sites is 4. The third-order valence-electron chi connectivity index (χ3n) is 7.92. The zero-order chi connectivity index (χ0) is 28.3. The van der Waals surface area contributed by atoms with E-state index in [1.165, 1.54) is 16.3 Å². The van der Waals surface area contributed by atoms with Crippen molar-refractivity contribution in [2.24, 2.45) is 0 Å². The Bertz CT molecular complexity index is 1910. The van der Waals surface area contributed by atoms with Crippen molar-refractivity contribution >= 4 is 33.2 Å². The third kappa shape index (κ3) is 4.92. The Labute approximate surface area is 245 Å². The molecule has 0 spiro atoms. The van der Waals surface area contributed by atoms with Gasteiger partial charge in [0.1, 0.15) is 18.1 Å². The summed E-state index contributed by atoms with van der Waals surface area (Å²) >= 11 is 0. The van der Waals surface area contributed by atoms with Gasteiger partial charge in [0.15, 0.2) is 5.71 Å². The minimum Gasteiger partial charge on any atom is -0.496 e. The molecule has 0 amide bonds. The number of allylic oxidation sites excluding steroid dienone is 1. The molecule has 0 saturated carbocycles. The van der Waals surface area contributed by atoms with Crippen LogP contribution in [0.1, 0.15) is 34.6 Å². The number of ether oxygens (including phenoxy) is 2. The molecule has 204 valence electrons. The lowest BCUT2D eigenvalue weighted by Crippen LogP contribution is -2.71. The van der Waals surface area contributed by atoms with Gasteiger partial charge < -0.3 is 9.47 Å². The maximum Gasteiger partial charge on any atom is 0.211 e. The SMILES string of the molecule is COc1ccccc1C1=[NH+]C(c2ccccc2OCc2ccccc2)=CC(c2c3ccccc3nc3ccccc23)C1. The van der Waals surface area contributed by atoms with Crippen LogP contribution in [-0.4, -0.2) is 17.8 Å². The van der Waals surface area contributed by atoms with Gasteiger partial charge in [-0.3, -0.25) is 0 Å². The first-order valence-electron chi connectivity index (χ1n) is 14.3. The summed E-state index contributed by atoms with van der Waals surface area (Å²) < 4.78 is 12.2. The predicted octanol–water partition coefficient (Wildman–Crippen LogP) is 7.07. The number of nitrogens with one attached hydrogen (secondary N) is 1. The lowest BCUT2D eigenvalue weighted by Gasteiger charge is -2.22. The molecule has 0 fully saturated rings. The second kappa shape index (κ2) is 11.3. The number of methoxy groups -OCH3 is 1. The molecule has 0 bridgehead atoms. The minimum absolute atomic E-state index is 0.0844. The molecule has 6 aromatic rings. The summed E-state index contributed by atoms with van der Waals surface area (Å²) in [5.41, 5.74) is 8.63. The summed E-state index contributed by atoms with van der Waals surface area (Å²) in [6.45, 7) is 0.497. The van der Waals surface area contributed by atoms with Crippen LogP contribution in [0.15, 0.2) is 133 Å². The van der Waals surface area contributed by atoms with Crippen molar-refractivity contribution in [3.63, 3.8) is 0 Å². The van der Waals surface area contributed by atoms with E-state index in [4.69, 9.17) is 14.5 Å². The Morgan fingerprint density at radius 1 is 0.667 bits per heavy atom. The average molecular weight is 548 g/mol. The Hall–Kier alpha value is -5.22. The van der Waals surface area contributed by atoms with E-state index < -0.39 is 0 Å². The van der Waals surface area contributed by atoms with Crippen LogP contribution in [-0.2, 0) is 6.61 Å². The number of aromatic nitrogens is 1. The van der Waals surface area contributed by atoms with Crippen LogP contribution >= 0.6 is 0 Å². The molecule has 2 heterocycles. The molecule has 0 aliphatic carbocycles. The number of rotatable bonds is 7. The zero-order valence-electron chi connectivity index (χ0n) is 23.5. The topological polar surface area (TPSA) is 45.3 Å². The number of nitrogens with zero attached hydrogens (tertiary/aromatic N) is 1. The largest absolute Gasteiger partial charge is 0.496 e. The lowest BCUT2D eigenvalue weighted by molar-refractivity contribution is -0.347. The fraction of sp³-hybridized carbons (Fsp3) is 0.105. The van der Waals surface area contributed by atoms with E-state index in [9.17, 15) is 0 Å². The third-order valence-corrected chi connectivity index (χ3v) is 7.92. The molecule has 42 heavy (non-hydrogen) atoms. The smallest absolute Gasteiger partial charge is 0.211 e. The van der Waals surface area contributed by atoms with Crippen molar-refractivity contribution < 1.29 is 14.5 Å². The molecule has 5 aromatic carbocycles. The summed E-state index contributed by atoms with van der Waals surface area (Å²) in [5.74, 6) is 1.77. The Morgan fingerprint density at radius 2 is 1.26 bits per heavy atom.